The summed E-state index contributed by atoms with van der Waals surface area (Å²) in [6.45, 7) is 2.01. The second-order valence-corrected chi connectivity index (χ2v) is 8.91. The molecule has 1 N–H and O–H groups in total. The number of thiophene rings is 1. The Balaban J connectivity index is 1.53. The molecule has 4 rings (SSSR count). The Labute approximate surface area is 174 Å². The third-order valence-corrected chi connectivity index (χ3v) is 6.63. The number of hydrogen-bond donors (Lipinski definition) is 1. The summed E-state index contributed by atoms with van der Waals surface area (Å²) in [4.78, 5) is 28.1. The van der Waals surface area contributed by atoms with Crippen LogP contribution in [0.5, 0.6) is 0 Å². The summed E-state index contributed by atoms with van der Waals surface area (Å²) < 4.78 is 2.15. The zero-order valence-corrected chi connectivity index (χ0v) is 17.9. The summed E-state index contributed by atoms with van der Waals surface area (Å²) in [6.07, 6.45) is 6.12. The molecule has 0 bridgehead atoms. The van der Waals surface area contributed by atoms with E-state index in [-0.39, 0.29) is 11.8 Å². The van der Waals surface area contributed by atoms with Gasteiger partial charge >= 0.3 is 0 Å². The lowest BCUT2D eigenvalue weighted by molar-refractivity contribution is 0.0827. The van der Waals surface area contributed by atoms with Crippen LogP contribution in [0.4, 0.5) is 5.69 Å². The van der Waals surface area contributed by atoms with Gasteiger partial charge in [0.1, 0.15) is 4.83 Å². The Kier molecular flexibility index (Phi) is 5.41. The van der Waals surface area contributed by atoms with Crippen molar-refractivity contribution in [3.63, 3.8) is 0 Å². The maximum Gasteiger partial charge on any atom is 0.265 e. The highest BCUT2D eigenvalue weighted by Crippen LogP contribution is 2.35. The van der Waals surface area contributed by atoms with Crippen LogP contribution in [0.25, 0.3) is 10.2 Å². The Hall–Kier alpha value is -2.67. The molecule has 1 saturated carbocycles. The highest BCUT2D eigenvalue weighted by atomic mass is 32.1. The number of nitrogens with zero attached hydrogens (tertiary/aromatic N) is 3. The van der Waals surface area contributed by atoms with Gasteiger partial charge in [-0.25, -0.2) is 0 Å². The third kappa shape index (κ3) is 3.92. The first kappa shape index (κ1) is 19.6. The third-order valence-electron chi connectivity index (χ3n) is 5.51. The normalized spacial score (nSPS) is 14.9. The highest BCUT2D eigenvalue weighted by Gasteiger charge is 2.22. The lowest BCUT2D eigenvalue weighted by atomic mass is 9.96. The molecule has 3 aromatic rings. The van der Waals surface area contributed by atoms with Gasteiger partial charge < -0.3 is 10.2 Å². The molecule has 152 valence electrons. The van der Waals surface area contributed by atoms with Gasteiger partial charge in [0.15, 0.2) is 0 Å². The molecule has 7 heteroatoms. The van der Waals surface area contributed by atoms with Crippen molar-refractivity contribution >= 4 is 39.1 Å². The molecule has 0 aliphatic heterocycles. The van der Waals surface area contributed by atoms with Gasteiger partial charge in [0.25, 0.3) is 11.8 Å². The smallest absolute Gasteiger partial charge is 0.265 e. The molecule has 0 saturated heterocycles. The van der Waals surface area contributed by atoms with Gasteiger partial charge in [-0.05, 0) is 50.1 Å². The quantitative estimate of drug-likeness (QED) is 0.667. The lowest BCUT2D eigenvalue weighted by Gasteiger charge is -2.22. The summed E-state index contributed by atoms with van der Waals surface area (Å²) in [5.41, 5.74) is 2.25. The average molecular weight is 411 g/mol. The molecule has 29 heavy (non-hydrogen) atoms. The molecule has 6 nitrogen and oxygen atoms in total. The van der Waals surface area contributed by atoms with Crippen molar-refractivity contribution in [1.29, 1.82) is 0 Å². The SMILES string of the molecule is Cc1nn(C2CCCCC2)c2sc(C(=O)Nc3ccc(C(=O)N(C)C)cc3)cc12. The molecule has 2 amide bonds. The zero-order chi connectivity index (χ0) is 20.5. The summed E-state index contributed by atoms with van der Waals surface area (Å²) in [5.74, 6) is -0.192. The summed E-state index contributed by atoms with van der Waals surface area (Å²) >= 11 is 1.51. The van der Waals surface area contributed by atoms with E-state index in [0.717, 1.165) is 28.8 Å². The van der Waals surface area contributed by atoms with E-state index in [4.69, 9.17) is 5.10 Å². The molecule has 0 radical (unpaired) electrons. The fraction of sp³-hybridized carbons (Fsp3) is 0.409. The van der Waals surface area contributed by atoms with Crippen LogP contribution in [0.1, 0.15) is 63.9 Å². The van der Waals surface area contributed by atoms with Gasteiger partial charge in [-0.3, -0.25) is 14.3 Å². The Morgan fingerprint density at radius 3 is 2.48 bits per heavy atom. The Morgan fingerprint density at radius 2 is 1.83 bits per heavy atom. The molecule has 1 aliphatic rings. The molecule has 0 atom stereocenters. The summed E-state index contributed by atoms with van der Waals surface area (Å²) in [7, 11) is 3.44. The van der Waals surface area contributed by atoms with E-state index in [1.54, 1.807) is 38.4 Å². The van der Waals surface area contributed by atoms with E-state index >= 15 is 0 Å². The number of hydrogen-bond acceptors (Lipinski definition) is 4. The number of fused-ring (bicyclic) bond motifs is 1. The number of aromatic nitrogens is 2. The minimum absolute atomic E-state index is 0.0601. The first-order valence-corrected chi connectivity index (χ1v) is 10.9. The largest absolute Gasteiger partial charge is 0.345 e. The van der Waals surface area contributed by atoms with Crippen LogP contribution < -0.4 is 5.32 Å². The number of carbonyl (C=O) groups is 2. The van der Waals surface area contributed by atoms with Gasteiger partial charge in [-0.1, -0.05) is 19.3 Å². The number of rotatable bonds is 4. The van der Waals surface area contributed by atoms with Crippen LogP contribution in [0.2, 0.25) is 0 Å². The molecule has 0 spiro atoms. The summed E-state index contributed by atoms with van der Waals surface area (Å²) in [5, 5.41) is 8.76. The molecule has 1 aliphatic carbocycles. The van der Waals surface area contributed by atoms with E-state index < -0.39 is 0 Å². The lowest BCUT2D eigenvalue weighted by Crippen LogP contribution is -2.21. The van der Waals surface area contributed by atoms with Crippen molar-refractivity contribution in [2.75, 3.05) is 19.4 Å². The Bertz CT molecular complexity index is 1040. The maximum atomic E-state index is 12.8. The van der Waals surface area contributed by atoms with E-state index in [0.29, 0.717) is 22.2 Å². The van der Waals surface area contributed by atoms with Crippen molar-refractivity contribution < 1.29 is 9.59 Å². The molecule has 1 aromatic carbocycles. The van der Waals surface area contributed by atoms with Crippen molar-refractivity contribution in [3.8, 4) is 0 Å². The van der Waals surface area contributed by atoms with E-state index in [1.165, 1.54) is 35.5 Å². The van der Waals surface area contributed by atoms with Gasteiger partial charge in [0, 0.05) is 30.7 Å². The van der Waals surface area contributed by atoms with Gasteiger partial charge in [0.05, 0.1) is 16.6 Å². The number of nitrogens with one attached hydrogen (secondary N) is 1. The zero-order valence-electron chi connectivity index (χ0n) is 17.1. The van der Waals surface area contributed by atoms with Crippen molar-refractivity contribution in [3.05, 3.63) is 46.5 Å². The topological polar surface area (TPSA) is 67.2 Å². The first-order valence-electron chi connectivity index (χ1n) is 10.1. The fourth-order valence-electron chi connectivity index (χ4n) is 3.90. The van der Waals surface area contributed by atoms with E-state index in [1.807, 2.05) is 13.0 Å². The second kappa shape index (κ2) is 7.99. The molecule has 0 unspecified atom stereocenters. The van der Waals surface area contributed by atoms with Crippen LogP contribution >= 0.6 is 11.3 Å². The predicted octanol–water partition coefficient (Wildman–Crippen LogP) is 4.87. The van der Waals surface area contributed by atoms with Crippen LogP contribution in [0, 0.1) is 6.92 Å². The first-order chi connectivity index (χ1) is 13.9. The van der Waals surface area contributed by atoms with Crippen molar-refractivity contribution in [2.45, 2.75) is 45.1 Å². The average Bonchev–Trinajstić information content (AvgIpc) is 3.29. The molecule has 1 fully saturated rings. The molecule has 2 aromatic heterocycles. The summed E-state index contributed by atoms with van der Waals surface area (Å²) in [6, 6.07) is 9.37. The predicted molar refractivity (Wildman–Crippen MR) is 117 cm³/mol. The minimum atomic E-state index is -0.132. The van der Waals surface area contributed by atoms with E-state index in [9.17, 15) is 9.59 Å². The number of benzene rings is 1. The van der Waals surface area contributed by atoms with Crippen molar-refractivity contribution in [2.24, 2.45) is 0 Å². The van der Waals surface area contributed by atoms with Crippen LogP contribution in [0.3, 0.4) is 0 Å². The highest BCUT2D eigenvalue weighted by molar-refractivity contribution is 7.20. The maximum absolute atomic E-state index is 12.8. The van der Waals surface area contributed by atoms with Gasteiger partial charge in [0.2, 0.25) is 0 Å². The Morgan fingerprint density at radius 1 is 1.14 bits per heavy atom. The van der Waals surface area contributed by atoms with Crippen LogP contribution in [-0.2, 0) is 0 Å². The molecular weight excluding hydrogens is 384 g/mol. The molecular formula is C22H26N4O2S. The number of carbonyl (C=O) groups excluding carboxylic acids is 2. The number of amides is 2. The van der Waals surface area contributed by atoms with Gasteiger partial charge in [-0.15, -0.1) is 11.3 Å². The van der Waals surface area contributed by atoms with E-state index in [2.05, 4.69) is 10.00 Å². The second-order valence-electron chi connectivity index (χ2n) is 7.88. The minimum Gasteiger partial charge on any atom is -0.345 e. The fourth-order valence-corrected chi connectivity index (χ4v) is 5.03. The van der Waals surface area contributed by atoms with Crippen LogP contribution in [-0.4, -0.2) is 40.6 Å². The van der Waals surface area contributed by atoms with Crippen molar-refractivity contribution in [1.82, 2.24) is 14.7 Å². The monoisotopic (exact) mass is 410 g/mol. The molecule has 2 heterocycles. The van der Waals surface area contributed by atoms with Crippen LogP contribution in [0.15, 0.2) is 30.3 Å². The number of anilines is 1. The van der Waals surface area contributed by atoms with Gasteiger partial charge in [-0.2, -0.15) is 5.10 Å². The standard InChI is InChI=1S/C22H26N4O2S/c1-14-18-13-19(29-22(18)26(24-14)17-7-5-4-6-8-17)20(27)23-16-11-9-15(10-12-16)21(28)25(2)3/h9-13,17H,4-8H2,1-3H3,(H,23,27). The number of aryl methyl sites for hydroxylation is 1.